The first-order valence-electron chi connectivity index (χ1n) is 7.40. The van der Waals surface area contributed by atoms with Gasteiger partial charge in [-0.1, -0.05) is 36.4 Å². The number of fused-ring (bicyclic) bond motifs is 1. The second-order valence-corrected chi connectivity index (χ2v) is 5.13. The highest BCUT2D eigenvalue weighted by molar-refractivity contribution is 5.83. The van der Waals surface area contributed by atoms with Crippen LogP contribution < -0.4 is 10.1 Å². The van der Waals surface area contributed by atoms with E-state index >= 15 is 0 Å². The third kappa shape index (κ3) is 3.57. The number of hydrogen-bond acceptors (Lipinski definition) is 3. The van der Waals surface area contributed by atoms with Crippen LogP contribution in [0, 0.1) is 0 Å². The summed E-state index contributed by atoms with van der Waals surface area (Å²) in [7, 11) is 0. The van der Waals surface area contributed by atoms with Gasteiger partial charge in [-0.25, -0.2) is 0 Å². The molecule has 0 bridgehead atoms. The molecule has 0 aromatic heterocycles. The van der Waals surface area contributed by atoms with Gasteiger partial charge in [-0.2, -0.15) is 0 Å². The number of hydrogen-bond donors (Lipinski definition) is 2. The standard InChI is InChI=1S/C19H19NO2/c21-11-12-22-19-9-7-18(8-10-19)20-14-15-5-6-16-3-1-2-4-17(16)13-15/h1-10,13,20-21H,11-12,14H2. The van der Waals surface area contributed by atoms with Gasteiger partial charge in [0.2, 0.25) is 0 Å². The molecule has 112 valence electrons. The Morgan fingerprint density at radius 3 is 2.41 bits per heavy atom. The molecule has 0 radical (unpaired) electrons. The second kappa shape index (κ2) is 6.96. The quantitative estimate of drug-likeness (QED) is 0.726. The Bertz CT molecular complexity index is 738. The third-order valence-corrected chi connectivity index (χ3v) is 3.52. The van der Waals surface area contributed by atoms with E-state index in [1.165, 1.54) is 16.3 Å². The Morgan fingerprint density at radius 2 is 1.64 bits per heavy atom. The molecule has 0 fully saturated rings. The van der Waals surface area contributed by atoms with Crippen molar-refractivity contribution in [2.45, 2.75) is 6.54 Å². The molecule has 0 aliphatic carbocycles. The van der Waals surface area contributed by atoms with Crippen LogP contribution in [0.5, 0.6) is 5.75 Å². The largest absolute Gasteiger partial charge is 0.491 e. The molecular formula is C19H19NO2. The molecule has 0 amide bonds. The number of aliphatic hydroxyl groups is 1. The molecule has 0 heterocycles. The van der Waals surface area contributed by atoms with Gasteiger partial charge in [-0.3, -0.25) is 0 Å². The van der Waals surface area contributed by atoms with Crippen molar-refractivity contribution in [3.8, 4) is 5.75 Å². The average Bonchev–Trinajstić information content (AvgIpc) is 2.59. The normalized spacial score (nSPS) is 10.6. The molecule has 0 unspecified atom stereocenters. The van der Waals surface area contributed by atoms with Crippen molar-refractivity contribution in [2.75, 3.05) is 18.5 Å². The van der Waals surface area contributed by atoms with Crippen LogP contribution in [0.2, 0.25) is 0 Å². The van der Waals surface area contributed by atoms with E-state index in [4.69, 9.17) is 9.84 Å². The number of rotatable bonds is 6. The predicted octanol–water partition coefficient (Wildman–Crippen LogP) is 3.82. The Kier molecular flexibility index (Phi) is 4.56. The number of anilines is 1. The molecule has 0 atom stereocenters. The number of nitrogens with one attached hydrogen (secondary N) is 1. The highest BCUT2D eigenvalue weighted by Gasteiger charge is 1.98. The van der Waals surface area contributed by atoms with E-state index in [9.17, 15) is 0 Å². The summed E-state index contributed by atoms with van der Waals surface area (Å²) in [5.41, 5.74) is 2.30. The van der Waals surface area contributed by atoms with E-state index in [1.54, 1.807) is 0 Å². The van der Waals surface area contributed by atoms with E-state index in [-0.39, 0.29) is 6.61 Å². The van der Waals surface area contributed by atoms with Crippen LogP contribution in [0.1, 0.15) is 5.56 Å². The smallest absolute Gasteiger partial charge is 0.119 e. The van der Waals surface area contributed by atoms with Gasteiger partial charge >= 0.3 is 0 Å². The minimum Gasteiger partial charge on any atom is -0.491 e. The maximum atomic E-state index is 8.73. The molecule has 0 aliphatic heterocycles. The highest BCUT2D eigenvalue weighted by atomic mass is 16.5. The second-order valence-electron chi connectivity index (χ2n) is 5.13. The highest BCUT2D eigenvalue weighted by Crippen LogP contribution is 2.18. The molecule has 0 saturated heterocycles. The minimum atomic E-state index is 0.0297. The van der Waals surface area contributed by atoms with Crippen LogP contribution >= 0.6 is 0 Å². The van der Waals surface area contributed by atoms with E-state index in [0.717, 1.165) is 18.0 Å². The SMILES string of the molecule is OCCOc1ccc(NCc2ccc3ccccc3c2)cc1. The summed E-state index contributed by atoms with van der Waals surface area (Å²) in [5, 5.41) is 14.7. The van der Waals surface area contributed by atoms with Gasteiger partial charge in [-0.05, 0) is 46.7 Å². The third-order valence-electron chi connectivity index (χ3n) is 3.52. The van der Waals surface area contributed by atoms with Crippen molar-refractivity contribution >= 4 is 16.5 Å². The van der Waals surface area contributed by atoms with E-state index in [2.05, 4.69) is 47.8 Å². The van der Waals surface area contributed by atoms with E-state index in [1.807, 2.05) is 24.3 Å². The van der Waals surface area contributed by atoms with Crippen LogP contribution in [0.3, 0.4) is 0 Å². The van der Waals surface area contributed by atoms with Gasteiger partial charge in [0.1, 0.15) is 12.4 Å². The first-order valence-corrected chi connectivity index (χ1v) is 7.40. The van der Waals surface area contributed by atoms with Crippen LogP contribution in [-0.4, -0.2) is 18.3 Å². The monoisotopic (exact) mass is 293 g/mol. The van der Waals surface area contributed by atoms with Gasteiger partial charge in [0.15, 0.2) is 0 Å². The van der Waals surface area contributed by atoms with Gasteiger partial charge in [0, 0.05) is 12.2 Å². The van der Waals surface area contributed by atoms with Crippen molar-refractivity contribution in [3.63, 3.8) is 0 Å². The summed E-state index contributed by atoms with van der Waals surface area (Å²) in [4.78, 5) is 0. The number of aliphatic hydroxyl groups excluding tert-OH is 1. The van der Waals surface area contributed by atoms with Gasteiger partial charge in [0.25, 0.3) is 0 Å². The number of ether oxygens (including phenoxy) is 1. The first kappa shape index (κ1) is 14.4. The van der Waals surface area contributed by atoms with Crippen molar-refractivity contribution in [1.82, 2.24) is 0 Å². The average molecular weight is 293 g/mol. The molecule has 0 saturated carbocycles. The zero-order valence-electron chi connectivity index (χ0n) is 12.3. The van der Waals surface area contributed by atoms with Crippen LogP contribution in [0.25, 0.3) is 10.8 Å². The van der Waals surface area contributed by atoms with Crippen LogP contribution in [0.15, 0.2) is 66.7 Å². The zero-order chi connectivity index (χ0) is 15.2. The van der Waals surface area contributed by atoms with Crippen molar-refractivity contribution < 1.29 is 9.84 Å². The lowest BCUT2D eigenvalue weighted by atomic mass is 10.1. The summed E-state index contributed by atoms with van der Waals surface area (Å²) in [5.74, 6) is 0.769. The van der Waals surface area contributed by atoms with Crippen LogP contribution in [0.4, 0.5) is 5.69 Å². The Morgan fingerprint density at radius 1 is 0.864 bits per heavy atom. The Hall–Kier alpha value is -2.52. The zero-order valence-corrected chi connectivity index (χ0v) is 12.3. The molecule has 3 nitrogen and oxygen atoms in total. The first-order chi connectivity index (χ1) is 10.8. The minimum absolute atomic E-state index is 0.0297. The van der Waals surface area contributed by atoms with E-state index < -0.39 is 0 Å². The van der Waals surface area contributed by atoms with Crippen molar-refractivity contribution in [1.29, 1.82) is 0 Å². The molecule has 0 spiro atoms. The lowest BCUT2D eigenvalue weighted by Crippen LogP contribution is -2.02. The topological polar surface area (TPSA) is 41.5 Å². The van der Waals surface area contributed by atoms with E-state index in [0.29, 0.717) is 6.61 Å². The molecule has 3 aromatic carbocycles. The molecular weight excluding hydrogens is 274 g/mol. The molecule has 3 aromatic rings. The summed E-state index contributed by atoms with van der Waals surface area (Å²) in [6.07, 6.45) is 0. The van der Waals surface area contributed by atoms with Gasteiger partial charge in [-0.15, -0.1) is 0 Å². The summed E-state index contributed by atoms with van der Waals surface area (Å²) >= 11 is 0. The fraction of sp³-hybridized carbons (Fsp3) is 0.158. The molecule has 2 N–H and O–H groups in total. The fourth-order valence-corrected chi connectivity index (χ4v) is 2.39. The maximum absolute atomic E-state index is 8.73. The maximum Gasteiger partial charge on any atom is 0.119 e. The number of benzene rings is 3. The fourth-order valence-electron chi connectivity index (χ4n) is 2.39. The molecule has 3 heteroatoms. The van der Waals surface area contributed by atoms with Crippen LogP contribution in [-0.2, 0) is 6.54 Å². The lowest BCUT2D eigenvalue weighted by molar-refractivity contribution is 0.201. The molecule has 0 aliphatic rings. The van der Waals surface area contributed by atoms with Gasteiger partial charge in [0.05, 0.1) is 6.61 Å². The Labute approximate surface area is 130 Å². The van der Waals surface area contributed by atoms with Crippen molar-refractivity contribution in [2.24, 2.45) is 0 Å². The van der Waals surface area contributed by atoms with Crippen molar-refractivity contribution in [3.05, 3.63) is 72.3 Å². The molecule has 3 rings (SSSR count). The molecule has 22 heavy (non-hydrogen) atoms. The Balaban J connectivity index is 1.63. The summed E-state index contributed by atoms with van der Waals surface area (Å²) in [6.45, 7) is 1.13. The lowest BCUT2D eigenvalue weighted by Gasteiger charge is -2.09. The predicted molar refractivity (Wildman–Crippen MR) is 90.3 cm³/mol. The summed E-state index contributed by atoms with van der Waals surface area (Å²) < 4.78 is 5.34. The summed E-state index contributed by atoms with van der Waals surface area (Å²) in [6, 6.07) is 22.6. The van der Waals surface area contributed by atoms with Gasteiger partial charge < -0.3 is 15.2 Å².